The molecule has 0 spiro atoms. The molecule has 1 saturated heterocycles. The standard InChI is InChI=1S/C37H63N5O13/c1-34(2,3)52-26(44)20-40(21-27(45)53-35(4,5)6)17-15-39(19-24-30(48)31(49)32(51-24)42-14-13-25(43)38-33(42)50)16-18-41(22-28(46)54-36(7,8)9)23-29(47)55-37(10,11)12/h13-14,24,30-32,48-49H,15-23H2,1-12H3,(H,38,43,50)/t24-,30+,31?,32-/m1/s1. The fraction of sp³-hybridized carbons (Fsp3) is 0.784. The number of ether oxygens (including phenoxy) is 5. The Kier molecular flexibility index (Phi) is 16.8. The molecule has 0 bridgehead atoms. The van der Waals surface area contributed by atoms with Crippen LogP contribution in [0.2, 0.25) is 0 Å². The molecule has 1 aliphatic rings. The summed E-state index contributed by atoms with van der Waals surface area (Å²) >= 11 is 0. The number of aliphatic hydroxyl groups excluding tert-OH is 2. The summed E-state index contributed by atoms with van der Waals surface area (Å²) in [5.74, 6) is -2.29. The van der Waals surface area contributed by atoms with Crippen molar-refractivity contribution in [2.24, 2.45) is 0 Å². The molecule has 0 saturated carbocycles. The number of hydrogen-bond donors (Lipinski definition) is 3. The molecule has 18 nitrogen and oxygen atoms in total. The lowest BCUT2D eigenvalue weighted by molar-refractivity contribution is -0.162. The molecule has 2 rings (SSSR count). The van der Waals surface area contributed by atoms with Gasteiger partial charge >= 0.3 is 29.6 Å². The van der Waals surface area contributed by atoms with Crippen LogP contribution in [0.1, 0.15) is 89.3 Å². The summed E-state index contributed by atoms with van der Waals surface area (Å²) in [6.07, 6.45) is -4.29. The van der Waals surface area contributed by atoms with Gasteiger partial charge in [-0.15, -0.1) is 0 Å². The van der Waals surface area contributed by atoms with Gasteiger partial charge in [-0.3, -0.25) is 48.2 Å². The van der Waals surface area contributed by atoms with Gasteiger partial charge in [0.1, 0.15) is 40.7 Å². The molecule has 0 amide bonds. The third kappa shape index (κ3) is 18.7. The Morgan fingerprint density at radius 3 is 1.31 bits per heavy atom. The predicted octanol–water partition coefficient (Wildman–Crippen LogP) is 0.429. The van der Waals surface area contributed by atoms with Crippen LogP contribution in [0.25, 0.3) is 0 Å². The van der Waals surface area contributed by atoms with Crippen molar-refractivity contribution >= 4 is 23.9 Å². The molecule has 2 heterocycles. The second kappa shape index (κ2) is 19.5. The number of aliphatic hydroxyl groups is 2. The molecular formula is C37H63N5O13. The minimum atomic E-state index is -1.55. The van der Waals surface area contributed by atoms with Gasteiger partial charge < -0.3 is 33.9 Å². The first-order chi connectivity index (χ1) is 25.0. The SMILES string of the molecule is CC(C)(C)OC(=O)CN(CCN(CCN(CC(=O)OC(C)(C)C)CC(=O)OC(C)(C)C)C[C@H]1O[C@@H](n2ccc(=O)[nH]c2=O)C(O)[C@H]1O)CC(=O)OC(C)(C)C. The highest BCUT2D eigenvalue weighted by Crippen LogP contribution is 2.29. The number of esters is 4. The summed E-state index contributed by atoms with van der Waals surface area (Å²) in [6, 6.07) is 1.08. The molecule has 18 heteroatoms. The lowest BCUT2D eigenvalue weighted by Gasteiger charge is -2.32. The van der Waals surface area contributed by atoms with Crippen LogP contribution >= 0.6 is 0 Å². The van der Waals surface area contributed by atoms with Crippen LogP contribution in [0.3, 0.4) is 0 Å². The molecule has 0 aromatic carbocycles. The van der Waals surface area contributed by atoms with Gasteiger partial charge in [0.15, 0.2) is 6.23 Å². The molecule has 1 aromatic rings. The minimum absolute atomic E-state index is 0.0493. The normalized spacial score (nSPS) is 19.5. The third-order valence-electron chi connectivity index (χ3n) is 7.46. The second-order valence-electron chi connectivity index (χ2n) is 17.6. The van der Waals surface area contributed by atoms with E-state index in [-0.39, 0.29) is 58.9 Å². The number of nitrogens with zero attached hydrogens (tertiary/aromatic N) is 4. The first-order valence-electron chi connectivity index (χ1n) is 18.4. The largest absolute Gasteiger partial charge is 0.459 e. The maximum Gasteiger partial charge on any atom is 0.330 e. The summed E-state index contributed by atoms with van der Waals surface area (Å²) < 4.78 is 29.0. The highest BCUT2D eigenvalue weighted by molar-refractivity contribution is 5.76. The van der Waals surface area contributed by atoms with Gasteiger partial charge in [-0.25, -0.2) is 4.79 Å². The highest BCUT2D eigenvalue weighted by atomic mass is 16.6. The van der Waals surface area contributed by atoms with Crippen molar-refractivity contribution in [1.82, 2.24) is 24.3 Å². The van der Waals surface area contributed by atoms with Gasteiger partial charge in [0.05, 0.1) is 26.2 Å². The van der Waals surface area contributed by atoms with Crippen molar-refractivity contribution in [3.05, 3.63) is 33.1 Å². The first kappa shape index (κ1) is 47.5. The Labute approximate surface area is 323 Å². The molecule has 1 fully saturated rings. The lowest BCUT2D eigenvalue weighted by atomic mass is 10.1. The Morgan fingerprint density at radius 1 is 0.636 bits per heavy atom. The molecule has 0 aliphatic carbocycles. The number of aromatic amines is 1. The molecule has 1 aliphatic heterocycles. The molecule has 0 radical (unpaired) electrons. The van der Waals surface area contributed by atoms with Crippen LogP contribution in [-0.4, -0.2) is 158 Å². The van der Waals surface area contributed by atoms with Crippen LogP contribution in [0, 0.1) is 0 Å². The average Bonchev–Trinajstić information content (AvgIpc) is 3.22. The number of carbonyl (C=O) groups is 4. The Bertz CT molecular complexity index is 1440. The maximum absolute atomic E-state index is 12.9. The summed E-state index contributed by atoms with van der Waals surface area (Å²) in [6.45, 7) is 20.1. The predicted molar refractivity (Wildman–Crippen MR) is 200 cm³/mol. The molecule has 55 heavy (non-hydrogen) atoms. The molecule has 1 aromatic heterocycles. The minimum Gasteiger partial charge on any atom is -0.459 e. The quantitative estimate of drug-likeness (QED) is 0.144. The first-order valence-corrected chi connectivity index (χ1v) is 18.4. The third-order valence-corrected chi connectivity index (χ3v) is 7.46. The topological polar surface area (TPSA) is 219 Å². The van der Waals surface area contributed by atoms with Crippen molar-refractivity contribution in [2.45, 2.75) is 130 Å². The van der Waals surface area contributed by atoms with Gasteiger partial charge in [0.2, 0.25) is 0 Å². The average molecular weight is 786 g/mol. The van der Waals surface area contributed by atoms with E-state index in [1.165, 1.54) is 0 Å². The van der Waals surface area contributed by atoms with E-state index in [2.05, 4.69) is 4.98 Å². The monoisotopic (exact) mass is 785 g/mol. The number of nitrogens with one attached hydrogen (secondary N) is 1. The second-order valence-corrected chi connectivity index (χ2v) is 17.6. The van der Waals surface area contributed by atoms with Crippen molar-refractivity contribution < 1.29 is 53.1 Å². The van der Waals surface area contributed by atoms with E-state index in [9.17, 15) is 39.0 Å². The van der Waals surface area contributed by atoms with Gasteiger partial charge in [-0.2, -0.15) is 0 Å². The molecule has 4 atom stereocenters. The number of hydrogen-bond acceptors (Lipinski definition) is 16. The van der Waals surface area contributed by atoms with Crippen LogP contribution in [0.4, 0.5) is 0 Å². The van der Waals surface area contributed by atoms with Gasteiger partial charge in [-0.05, 0) is 83.1 Å². The molecular weight excluding hydrogens is 722 g/mol. The van der Waals surface area contributed by atoms with E-state index in [1.807, 2.05) is 0 Å². The van der Waals surface area contributed by atoms with E-state index in [4.69, 9.17) is 23.7 Å². The summed E-state index contributed by atoms with van der Waals surface area (Å²) in [5.41, 5.74) is -4.63. The van der Waals surface area contributed by atoms with Gasteiger partial charge in [0.25, 0.3) is 5.56 Å². The van der Waals surface area contributed by atoms with Crippen molar-refractivity contribution in [1.29, 1.82) is 0 Å². The Hall–Kier alpha value is -3.68. The summed E-state index contributed by atoms with van der Waals surface area (Å²) in [4.78, 5) is 82.9. The van der Waals surface area contributed by atoms with Crippen molar-refractivity contribution in [3.63, 3.8) is 0 Å². The van der Waals surface area contributed by atoms with E-state index in [0.717, 1.165) is 16.8 Å². The maximum atomic E-state index is 12.9. The number of carbonyl (C=O) groups excluding carboxylic acids is 4. The number of aromatic nitrogens is 2. The van der Waals surface area contributed by atoms with Crippen LogP contribution in [0.5, 0.6) is 0 Å². The van der Waals surface area contributed by atoms with E-state index >= 15 is 0 Å². The fourth-order valence-corrected chi connectivity index (χ4v) is 5.51. The van der Waals surface area contributed by atoms with E-state index < -0.39 is 82.1 Å². The van der Waals surface area contributed by atoms with Crippen LogP contribution < -0.4 is 11.2 Å². The summed E-state index contributed by atoms with van der Waals surface area (Å²) in [7, 11) is 0. The fourth-order valence-electron chi connectivity index (χ4n) is 5.51. The van der Waals surface area contributed by atoms with E-state index in [0.29, 0.717) is 0 Å². The molecule has 3 N–H and O–H groups in total. The Balaban J connectivity index is 2.42. The zero-order valence-corrected chi connectivity index (χ0v) is 34.5. The molecule has 1 unspecified atom stereocenters. The lowest BCUT2D eigenvalue weighted by Crippen LogP contribution is -2.48. The van der Waals surface area contributed by atoms with Gasteiger partial charge in [0, 0.05) is 45.0 Å². The Morgan fingerprint density at radius 2 is 0.982 bits per heavy atom. The van der Waals surface area contributed by atoms with Crippen molar-refractivity contribution in [3.8, 4) is 0 Å². The van der Waals surface area contributed by atoms with Crippen LogP contribution in [-0.2, 0) is 42.9 Å². The highest BCUT2D eigenvalue weighted by Gasteiger charge is 2.44. The van der Waals surface area contributed by atoms with E-state index in [1.54, 1.807) is 97.8 Å². The zero-order chi connectivity index (χ0) is 42.1. The zero-order valence-electron chi connectivity index (χ0n) is 34.5. The summed E-state index contributed by atoms with van der Waals surface area (Å²) in [5, 5.41) is 22.0. The van der Waals surface area contributed by atoms with Gasteiger partial charge in [-0.1, -0.05) is 0 Å². The van der Waals surface area contributed by atoms with Crippen LogP contribution in [0.15, 0.2) is 21.9 Å². The molecule has 314 valence electrons. The number of rotatable bonds is 17. The van der Waals surface area contributed by atoms with Crippen molar-refractivity contribution in [2.75, 3.05) is 58.9 Å². The smallest absolute Gasteiger partial charge is 0.330 e. The number of H-pyrrole nitrogens is 1.